The van der Waals surface area contributed by atoms with E-state index in [1.807, 2.05) is 25.1 Å². The van der Waals surface area contributed by atoms with E-state index in [1.54, 1.807) is 19.2 Å². The SMILES string of the molecule is COc1ccc(/C(C)=N\NC(=O)COc2ccccc2F)cc1CN1CCCCC1. The molecule has 6 nitrogen and oxygen atoms in total. The Morgan fingerprint density at radius 2 is 1.90 bits per heavy atom. The van der Waals surface area contributed by atoms with Gasteiger partial charge in [0.05, 0.1) is 12.8 Å². The fraction of sp³-hybridized carbons (Fsp3) is 0.391. The number of nitrogens with one attached hydrogen (secondary N) is 1. The summed E-state index contributed by atoms with van der Waals surface area (Å²) in [5.74, 6) is -0.0885. The Morgan fingerprint density at radius 3 is 2.63 bits per heavy atom. The highest BCUT2D eigenvalue weighted by molar-refractivity contribution is 5.99. The highest BCUT2D eigenvalue weighted by Gasteiger charge is 2.14. The number of amides is 1. The molecule has 0 aliphatic carbocycles. The predicted octanol–water partition coefficient (Wildman–Crippen LogP) is 3.74. The van der Waals surface area contributed by atoms with Gasteiger partial charge in [0.25, 0.3) is 5.91 Å². The maximum Gasteiger partial charge on any atom is 0.277 e. The summed E-state index contributed by atoms with van der Waals surface area (Å²) in [6.45, 7) is 4.52. The van der Waals surface area contributed by atoms with Gasteiger partial charge in [-0.15, -0.1) is 0 Å². The standard InChI is InChI=1S/C23H28FN3O3/c1-17(25-26-23(28)16-30-22-9-5-4-8-20(22)24)18-10-11-21(29-2)19(14-18)15-27-12-6-3-7-13-27/h4-5,8-11,14H,3,6-7,12-13,15-16H2,1-2H3,(H,26,28)/b25-17-. The molecule has 0 aromatic heterocycles. The third-order valence-electron chi connectivity index (χ3n) is 5.08. The molecular weight excluding hydrogens is 385 g/mol. The number of ether oxygens (including phenoxy) is 2. The summed E-state index contributed by atoms with van der Waals surface area (Å²) >= 11 is 0. The molecule has 7 heteroatoms. The van der Waals surface area contributed by atoms with Crippen molar-refractivity contribution in [2.24, 2.45) is 5.10 Å². The van der Waals surface area contributed by atoms with Gasteiger partial charge in [0.1, 0.15) is 5.75 Å². The lowest BCUT2D eigenvalue weighted by molar-refractivity contribution is -0.123. The molecule has 1 N–H and O–H groups in total. The van der Waals surface area contributed by atoms with Gasteiger partial charge < -0.3 is 9.47 Å². The molecule has 1 fully saturated rings. The van der Waals surface area contributed by atoms with E-state index in [4.69, 9.17) is 9.47 Å². The van der Waals surface area contributed by atoms with Crippen LogP contribution in [0.1, 0.15) is 37.3 Å². The topological polar surface area (TPSA) is 63.2 Å². The minimum atomic E-state index is -0.510. The van der Waals surface area contributed by atoms with Crippen LogP contribution in [-0.2, 0) is 11.3 Å². The molecule has 2 aromatic carbocycles. The maximum absolute atomic E-state index is 13.5. The average Bonchev–Trinajstić information content (AvgIpc) is 2.77. The van der Waals surface area contributed by atoms with E-state index in [0.29, 0.717) is 5.71 Å². The summed E-state index contributed by atoms with van der Waals surface area (Å²) in [7, 11) is 1.67. The average molecular weight is 413 g/mol. The lowest BCUT2D eigenvalue weighted by atomic mass is 10.0. The lowest BCUT2D eigenvalue weighted by Crippen LogP contribution is -2.29. The second-order valence-corrected chi connectivity index (χ2v) is 7.31. The molecule has 0 unspecified atom stereocenters. The van der Waals surface area contributed by atoms with E-state index in [1.165, 1.54) is 31.4 Å². The Morgan fingerprint density at radius 1 is 1.13 bits per heavy atom. The van der Waals surface area contributed by atoms with Crippen molar-refractivity contribution in [3.05, 3.63) is 59.4 Å². The van der Waals surface area contributed by atoms with Gasteiger partial charge in [-0.2, -0.15) is 5.10 Å². The summed E-state index contributed by atoms with van der Waals surface area (Å²) in [5, 5.41) is 4.16. The van der Waals surface area contributed by atoms with E-state index < -0.39 is 11.7 Å². The van der Waals surface area contributed by atoms with Crippen LogP contribution in [0.15, 0.2) is 47.6 Å². The van der Waals surface area contributed by atoms with Crippen LogP contribution in [-0.4, -0.2) is 43.3 Å². The first kappa shape index (κ1) is 21.8. The Labute approximate surface area is 176 Å². The molecule has 0 bridgehead atoms. The van der Waals surface area contributed by atoms with Crippen molar-refractivity contribution in [3.8, 4) is 11.5 Å². The van der Waals surface area contributed by atoms with Gasteiger partial charge in [-0.1, -0.05) is 18.6 Å². The monoisotopic (exact) mass is 413 g/mol. The maximum atomic E-state index is 13.5. The number of para-hydroxylation sites is 1. The number of benzene rings is 2. The molecule has 30 heavy (non-hydrogen) atoms. The molecule has 1 aliphatic rings. The van der Waals surface area contributed by atoms with Gasteiger partial charge >= 0.3 is 0 Å². The summed E-state index contributed by atoms with van der Waals surface area (Å²) in [5.41, 5.74) is 5.12. The number of likely N-dealkylation sites (tertiary alicyclic amines) is 1. The number of methoxy groups -OCH3 is 1. The van der Waals surface area contributed by atoms with Crippen molar-refractivity contribution in [2.75, 3.05) is 26.8 Å². The molecule has 1 saturated heterocycles. The minimum Gasteiger partial charge on any atom is -0.496 e. The number of hydrogen-bond donors (Lipinski definition) is 1. The number of hydrogen-bond acceptors (Lipinski definition) is 5. The van der Waals surface area contributed by atoms with Gasteiger partial charge in [0.15, 0.2) is 18.2 Å². The summed E-state index contributed by atoms with van der Waals surface area (Å²) in [4.78, 5) is 14.4. The zero-order valence-corrected chi connectivity index (χ0v) is 17.5. The van der Waals surface area contributed by atoms with Crippen molar-refractivity contribution in [3.63, 3.8) is 0 Å². The van der Waals surface area contributed by atoms with Crippen molar-refractivity contribution >= 4 is 11.6 Å². The Hall–Kier alpha value is -2.93. The van der Waals surface area contributed by atoms with Gasteiger partial charge in [-0.05, 0) is 68.8 Å². The van der Waals surface area contributed by atoms with Crippen LogP contribution in [0.4, 0.5) is 4.39 Å². The van der Waals surface area contributed by atoms with E-state index in [-0.39, 0.29) is 12.4 Å². The molecule has 1 aliphatic heterocycles. The zero-order chi connectivity index (χ0) is 21.3. The first-order valence-corrected chi connectivity index (χ1v) is 10.2. The fourth-order valence-electron chi connectivity index (χ4n) is 3.43. The molecule has 2 aromatic rings. The van der Waals surface area contributed by atoms with Crippen LogP contribution in [0.3, 0.4) is 0 Å². The number of rotatable bonds is 8. The van der Waals surface area contributed by atoms with Crippen molar-refractivity contribution in [1.82, 2.24) is 10.3 Å². The van der Waals surface area contributed by atoms with Crippen LogP contribution in [0, 0.1) is 5.82 Å². The van der Waals surface area contributed by atoms with Crippen LogP contribution in [0.2, 0.25) is 0 Å². The molecule has 160 valence electrons. The smallest absolute Gasteiger partial charge is 0.277 e. The molecule has 0 saturated carbocycles. The normalized spacial score (nSPS) is 15.0. The van der Waals surface area contributed by atoms with E-state index in [2.05, 4.69) is 15.4 Å². The molecule has 1 heterocycles. The Kier molecular flexibility index (Phi) is 7.79. The van der Waals surface area contributed by atoms with Gasteiger partial charge in [-0.25, -0.2) is 9.82 Å². The van der Waals surface area contributed by atoms with E-state index >= 15 is 0 Å². The van der Waals surface area contributed by atoms with Crippen LogP contribution >= 0.6 is 0 Å². The van der Waals surface area contributed by atoms with Gasteiger partial charge in [0, 0.05) is 12.1 Å². The molecule has 0 radical (unpaired) electrons. The molecule has 0 atom stereocenters. The third-order valence-corrected chi connectivity index (χ3v) is 5.08. The first-order chi connectivity index (χ1) is 14.6. The highest BCUT2D eigenvalue weighted by Crippen LogP contribution is 2.23. The van der Waals surface area contributed by atoms with Crippen LogP contribution < -0.4 is 14.9 Å². The molecule has 3 rings (SSSR count). The van der Waals surface area contributed by atoms with Crippen LogP contribution in [0.25, 0.3) is 0 Å². The van der Waals surface area contributed by atoms with E-state index in [9.17, 15) is 9.18 Å². The quantitative estimate of drug-likeness (QED) is 0.529. The van der Waals surface area contributed by atoms with E-state index in [0.717, 1.165) is 36.5 Å². The van der Waals surface area contributed by atoms with Crippen molar-refractivity contribution in [2.45, 2.75) is 32.7 Å². The number of carbonyl (C=O) groups excluding carboxylic acids is 1. The second-order valence-electron chi connectivity index (χ2n) is 7.31. The number of nitrogens with zero attached hydrogens (tertiary/aromatic N) is 2. The lowest BCUT2D eigenvalue weighted by Gasteiger charge is -2.27. The number of carbonyl (C=O) groups is 1. The fourth-order valence-corrected chi connectivity index (χ4v) is 3.43. The molecule has 1 amide bonds. The first-order valence-electron chi connectivity index (χ1n) is 10.2. The number of halogens is 1. The van der Waals surface area contributed by atoms with Gasteiger partial charge in [0.2, 0.25) is 0 Å². The minimum absolute atomic E-state index is 0.0332. The van der Waals surface area contributed by atoms with Crippen molar-refractivity contribution in [1.29, 1.82) is 0 Å². The molecule has 0 spiro atoms. The number of piperidine rings is 1. The third kappa shape index (κ3) is 6.03. The van der Waals surface area contributed by atoms with Crippen LogP contribution in [0.5, 0.6) is 11.5 Å². The van der Waals surface area contributed by atoms with Gasteiger partial charge in [-0.3, -0.25) is 9.69 Å². The Bertz CT molecular complexity index is 895. The predicted molar refractivity (Wildman–Crippen MR) is 114 cm³/mol. The largest absolute Gasteiger partial charge is 0.496 e. The Balaban J connectivity index is 1.61. The summed E-state index contributed by atoms with van der Waals surface area (Å²) in [6.07, 6.45) is 3.74. The summed E-state index contributed by atoms with van der Waals surface area (Å²) < 4.78 is 24.3. The summed E-state index contributed by atoms with van der Waals surface area (Å²) in [6, 6.07) is 11.8. The highest BCUT2D eigenvalue weighted by atomic mass is 19.1. The zero-order valence-electron chi connectivity index (χ0n) is 17.5. The number of hydrazone groups is 1. The molecular formula is C23H28FN3O3. The second kappa shape index (κ2) is 10.7. The van der Waals surface area contributed by atoms with Crippen molar-refractivity contribution < 1.29 is 18.7 Å².